The molecule has 1 aliphatic rings. The molecule has 1 aliphatic carbocycles. The molecule has 1 aromatic rings. The van der Waals surface area contributed by atoms with E-state index < -0.39 is 34.8 Å². The molecular formula is C10H9F5N2. The summed E-state index contributed by atoms with van der Waals surface area (Å²) >= 11 is 0. The third kappa shape index (κ3) is 1.95. The van der Waals surface area contributed by atoms with Crippen LogP contribution in [0.3, 0.4) is 0 Å². The van der Waals surface area contributed by atoms with Gasteiger partial charge >= 0.3 is 0 Å². The SMILES string of the molecule is NC1CC(Nc2c(F)c(F)c(F)c(F)c2F)C1. The first-order valence-corrected chi connectivity index (χ1v) is 4.95. The van der Waals surface area contributed by atoms with Crippen LogP contribution in [0.2, 0.25) is 0 Å². The number of hydrogen-bond acceptors (Lipinski definition) is 2. The first-order chi connectivity index (χ1) is 7.91. The van der Waals surface area contributed by atoms with Crippen LogP contribution in [-0.4, -0.2) is 12.1 Å². The third-order valence-electron chi connectivity index (χ3n) is 2.73. The Labute approximate surface area is 93.6 Å². The van der Waals surface area contributed by atoms with Gasteiger partial charge in [0, 0.05) is 12.1 Å². The molecule has 1 fully saturated rings. The average molecular weight is 252 g/mol. The van der Waals surface area contributed by atoms with Crippen molar-refractivity contribution in [1.82, 2.24) is 0 Å². The van der Waals surface area contributed by atoms with Gasteiger partial charge in [0.1, 0.15) is 5.69 Å². The van der Waals surface area contributed by atoms with Gasteiger partial charge in [0.05, 0.1) is 0 Å². The van der Waals surface area contributed by atoms with Crippen molar-refractivity contribution in [3.05, 3.63) is 29.1 Å². The minimum absolute atomic E-state index is 0.103. The number of rotatable bonds is 2. The summed E-state index contributed by atoms with van der Waals surface area (Å²) in [5.74, 6) is -9.75. The van der Waals surface area contributed by atoms with E-state index in [1.54, 1.807) is 0 Å². The molecule has 0 unspecified atom stereocenters. The van der Waals surface area contributed by atoms with Gasteiger partial charge in [0.25, 0.3) is 0 Å². The molecule has 0 heterocycles. The molecule has 0 amide bonds. The van der Waals surface area contributed by atoms with Crippen molar-refractivity contribution in [2.45, 2.75) is 24.9 Å². The standard InChI is InChI=1S/C10H9F5N2/c11-5-6(12)8(14)10(9(15)7(5)13)17-4-1-3(16)2-4/h3-4,17H,1-2,16H2. The van der Waals surface area contributed by atoms with Crippen LogP contribution >= 0.6 is 0 Å². The zero-order valence-electron chi connectivity index (χ0n) is 8.54. The zero-order valence-corrected chi connectivity index (χ0v) is 8.54. The van der Waals surface area contributed by atoms with E-state index in [4.69, 9.17) is 5.73 Å². The summed E-state index contributed by atoms with van der Waals surface area (Å²) in [6.07, 6.45) is 0.860. The number of nitrogens with two attached hydrogens (primary N) is 1. The lowest BCUT2D eigenvalue weighted by Gasteiger charge is -2.34. The lowest BCUT2D eigenvalue weighted by atomic mass is 9.87. The molecule has 2 nitrogen and oxygen atoms in total. The van der Waals surface area contributed by atoms with Crippen LogP contribution in [0, 0.1) is 29.1 Å². The molecule has 2 rings (SSSR count). The summed E-state index contributed by atoms with van der Waals surface area (Å²) < 4.78 is 64.8. The maximum absolute atomic E-state index is 13.2. The highest BCUT2D eigenvalue weighted by atomic mass is 19.2. The zero-order chi connectivity index (χ0) is 12.7. The van der Waals surface area contributed by atoms with Crippen LogP contribution in [0.5, 0.6) is 0 Å². The van der Waals surface area contributed by atoms with E-state index in [1.165, 1.54) is 0 Å². The molecule has 0 aromatic heterocycles. The van der Waals surface area contributed by atoms with Crippen LogP contribution in [0.1, 0.15) is 12.8 Å². The molecule has 3 N–H and O–H groups in total. The molecule has 7 heteroatoms. The Bertz CT molecular complexity index is 427. The maximum atomic E-state index is 13.2. The second kappa shape index (κ2) is 4.14. The topological polar surface area (TPSA) is 38.0 Å². The molecule has 0 saturated heterocycles. The van der Waals surface area contributed by atoms with Crippen LogP contribution in [0.4, 0.5) is 27.6 Å². The van der Waals surface area contributed by atoms with Gasteiger partial charge < -0.3 is 11.1 Å². The van der Waals surface area contributed by atoms with Gasteiger partial charge in [-0.15, -0.1) is 0 Å². The van der Waals surface area contributed by atoms with Crippen molar-refractivity contribution >= 4 is 5.69 Å². The predicted octanol–water partition coefficient (Wildman–Crippen LogP) is 2.28. The second-order valence-corrected chi connectivity index (χ2v) is 4.02. The van der Waals surface area contributed by atoms with E-state index in [2.05, 4.69) is 5.32 Å². The van der Waals surface area contributed by atoms with Crippen molar-refractivity contribution in [3.8, 4) is 0 Å². The highest BCUT2D eigenvalue weighted by Gasteiger charge is 2.31. The smallest absolute Gasteiger partial charge is 0.200 e. The van der Waals surface area contributed by atoms with Crippen LogP contribution in [-0.2, 0) is 0 Å². The maximum Gasteiger partial charge on any atom is 0.200 e. The minimum Gasteiger partial charge on any atom is -0.377 e. The first kappa shape index (κ1) is 12.1. The Hall–Kier alpha value is -1.37. The van der Waals surface area contributed by atoms with Gasteiger partial charge in [0.15, 0.2) is 23.3 Å². The summed E-state index contributed by atoms with van der Waals surface area (Å²) in [4.78, 5) is 0. The van der Waals surface area contributed by atoms with Crippen molar-refractivity contribution in [1.29, 1.82) is 0 Å². The Morgan fingerprint density at radius 2 is 1.24 bits per heavy atom. The summed E-state index contributed by atoms with van der Waals surface area (Å²) in [7, 11) is 0. The van der Waals surface area contributed by atoms with Crippen molar-refractivity contribution in [2.75, 3.05) is 5.32 Å². The van der Waals surface area contributed by atoms with Gasteiger partial charge in [-0.3, -0.25) is 0 Å². The van der Waals surface area contributed by atoms with E-state index in [-0.39, 0.29) is 12.1 Å². The van der Waals surface area contributed by atoms with Crippen molar-refractivity contribution < 1.29 is 22.0 Å². The summed E-state index contributed by atoms with van der Waals surface area (Å²) in [5.41, 5.74) is 4.46. The molecular weight excluding hydrogens is 243 g/mol. The number of anilines is 1. The number of halogens is 5. The Morgan fingerprint density at radius 1 is 0.824 bits per heavy atom. The Morgan fingerprint density at radius 3 is 1.65 bits per heavy atom. The van der Waals surface area contributed by atoms with Crippen molar-refractivity contribution in [2.24, 2.45) is 5.73 Å². The van der Waals surface area contributed by atoms with E-state index in [0.717, 1.165) is 0 Å². The van der Waals surface area contributed by atoms with Gasteiger partial charge in [0.2, 0.25) is 5.82 Å². The monoisotopic (exact) mass is 252 g/mol. The van der Waals surface area contributed by atoms with E-state index in [1.807, 2.05) is 0 Å². The minimum atomic E-state index is -2.16. The Kier molecular flexibility index (Phi) is 2.94. The molecule has 0 atom stereocenters. The molecule has 94 valence electrons. The van der Waals surface area contributed by atoms with Crippen molar-refractivity contribution in [3.63, 3.8) is 0 Å². The highest BCUT2D eigenvalue weighted by molar-refractivity contribution is 5.49. The molecule has 17 heavy (non-hydrogen) atoms. The van der Waals surface area contributed by atoms with Gasteiger partial charge in [-0.2, -0.15) is 0 Å². The summed E-state index contributed by atoms with van der Waals surface area (Å²) in [6.45, 7) is 0. The quantitative estimate of drug-likeness (QED) is 0.481. The molecule has 0 aliphatic heterocycles. The fourth-order valence-electron chi connectivity index (χ4n) is 1.72. The lowest BCUT2D eigenvalue weighted by molar-refractivity contribution is 0.358. The van der Waals surface area contributed by atoms with Crippen LogP contribution < -0.4 is 11.1 Å². The fraction of sp³-hybridized carbons (Fsp3) is 0.400. The van der Waals surface area contributed by atoms with Crippen LogP contribution in [0.25, 0.3) is 0 Å². The fourth-order valence-corrected chi connectivity index (χ4v) is 1.72. The Balaban J connectivity index is 2.33. The molecule has 1 aromatic carbocycles. The molecule has 0 spiro atoms. The molecule has 1 saturated carbocycles. The largest absolute Gasteiger partial charge is 0.377 e. The molecule has 0 radical (unpaired) electrons. The van der Waals surface area contributed by atoms with Gasteiger partial charge in [-0.05, 0) is 12.8 Å². The second-order valence-electron chi connectivity index (χ2n) is 4.02. The van der Waals surface area contributed by atoms with Gasteiger partial charge in [-0.1, -0.05) is 0 Å². The third-order valence-corrected chi connectivity index (χ3v) is 2.73. The average Bonchev–Trinajstić information content (AvgIpc) is 2.27. The van der Waals surface area contributed by atoms with Crippen LogP contribution in [0.15, 0.2) is 0 Å². The van der Waals surface area contributed by atoms with E-state index in [0.29, 0.717) is 12.8 Å². The highest BCUT2D eigenvalue weighted by Crippen LogP contribution is 2.30. The summed E-state index contributed by atoms with van der Waals surface area (Å²) in [5, 5.41) is 2.28. The summed E-state index contributed by atoms with van der Waals surface area (Å²) in [6, 6.07) is -0.466. The first-order valence-electron chi connectivity index (χ1n) is 4.95. The lowest BCUT2D eigenvalue weighted by Crippen LogP contribution is -2.44. The number of nitrogens with one attached hydrogen (secondary N) is 1. The van der Waals surface area contributed by atoms with E-state index in [9.17, 15) is 22.0 Å². The number of hydrogen-bond donors (Lipinski definition) is 2. The van der Waals surface area contributed by atoms with E-state index >= 15 is 0 Å². The predicted molar refractivity (Wildman–Crippen MR) is 50.9 cm³/mol. The van der Waals surface area contributed by atoms with Gasteiger partial charge in [-0.25, -0.2) is 22.0 Å². The molecule has 0 bridgehead atoms. The normalized spacial score (nSPS) is 23.4. The number of benzene rings is 1.